The highest BCUT2D eigenvalue weighted by atomic mass is 35.5. The summed E-state index contributed by atoms with van der Waals surface area (Å²) in [6.45, 7) is 3.61. The van der Waals surface area contributed by atoms with E-state index in [-0.39, 0.29) is 18.3 Å². The summed E-state index contributed by atoms with van der Waals surface area (Å²) >= 11 is 0. The number of carbonyl (C=O) groups excluding carboxylic acids is 1. The van der Waals surface area contributed by atoms with E-state index in [2.05, 4.69) is 22.3 Å². The molecule has 4 nitrogen and oxygen atoms in total. The molecular weight excluding hydrogens is 286 g/mol. The maximum Gasteiger partial charge on any atom is 0.241 e. The van der Waals surface area contributed by atoms with E-state index < -0.39 is 0 Å². The predicted molar refractivity (Wildman–Crippen MR) is 90.2 cm³/mol. The number of likely N-dealkylation sites (N-methyl/N-ethyl adjacent to an activating group) is 1. The van der Waals surface area contributed by atoms with Crippen molar-refractivity contribution in [1.82, 2.24) is 10.2 Å². The van der Waals surface area contributed by atoms with Gasteiger partial charge in [-0.25, -0.2) is 0 Å². The van der Waals surface area contributed by atoms with E-state index >= 15 is 0 Å². The molecule has 0 bridgehead atoms. The number of rotatable bonds is 5. The van der Waals surface area contributed by atoms with Crippen molar-refractivity contribution in [3.63, 3.8) is 0 Å². The molecule has 1 fully saturated rings. The van der Waals surface area contributed by atoms with Crippen molar-refractivity contribution in [2.45, 2.75) is 12.8 Å². The zero-order chi connectivity index (χ0) is 14.4. The molecule has 0 saturated carbocycles. The Balaban J connectivity index is 0.00000220. The number of para-hydroxylation sites is 1. The van der Waals surface area contributed by atoms with Gasteiger partial charge < -0.3 is 15.1 Å². The lowest BCUT2D eigenvalue weighted by molar-refractivity contribution is -0.127. The third-order valence-corrected chi connectivity index (χ3v) is 3.88. The number of nitrogens with zero attached hydrogens (tertiary/aromatic N) is 2. The summed E-state index contributed by atoms with van der Waals surface area (Å²) in [5, 5.41) is 3.39. The summed E-state index contributed by atoms with van der Waals surface area (Å²) in [5.74, 6) is 0.828. The zero-order valence-corrected chi connectivity index (χ0v) is 13.7. The summed E-state index contributed by atoms with van der Waals surface area (Å²) in [4.78, 5) is 15.9. The Labute approximate surface area is 133 Å². The van der Waals surface area contributed by atoms with Crippen molar-refractivity contribution < 1.29 is 4.79 Å². The van der Waals surface area contributed by atoms with Crippen LogP contribution in [0.1, 0.15) is 12.8 Å². The Morgan fingerprint density at radius 2 is 1.81 bits per heavy atom. The maximum absolute atomic E-state index is 12.0. The van der Waals surface area contributed by atoms with Gasteiger partial charge in [-0.2, -0.15) is 0 Å². The van der Waals surface area contributed by atoms with Crippen LogP contribution in [0.5, 0.6) is 0 Å². The summed E-state index contributed by atoms with van der Waals surface area (Å²) in [7, 11) is 3.63. The summed E-state index contributed by atoms with van der Waals surface area (Å²) in [5.41, 5.74) is 1.14. The van der Waals surface area contributed by atoms with E-state index in [9.17, 15) is 4.79 Å². The van der Waals surface area contributed by atoms with Crippen LogP contribution in [0, 0.1) is 5.92 Å². The highest BCUT2D eigenvalue weighted by Gasteiger charge is 2.19. The van der Waals surface area contributed by atoms with Gasteiger partial charge in [-0.05, 0) is 44.0 Å². The molecule has 1 aromatic carbocycles. The minimum Gasteiger partial charge on any atom is -0.362 e. The van der Waals surface area contributed by atoms with Gasteiger partial charge in [-0.1, -0.05) is 18.2 Å². The van der Waals surface area contributed by atoms with Crippen LogP contribution < -0.4 is 10.2 Å². The number of amides is 1. The quantitative estimate of drug-likeness (QED) is 0.903. The van der Waals surface area contributed by atoms with Gasteiger partial charge in [0.1, 0.15) is 0 Å². The zero-order valence-electron chi connectivity index (χ0n) is 12.9. The largest absolute Gasteiger partial charge is 0.362 e. The van der Waals surface area contributed by atoms with Crippen LogP contribution in [-0.2, 0) is 4.79 Å². The Bertz CT molecular complexity index is 419. The number of carbonyl (C=O) groups is 1. The van der Waals surface area contributed by atoms with E-state index in [1.807, 2.05) is 32.3 Å². The molecule has 1 N–H and O–H groups in total. The van der Waals surface area contributed by atoms with Crippen LogP contribution in [0.2, 0.25) is 0 Å². The van der Waals surface area contributed by atoms with Gasteiger partial charge in [0.25, 0.3) is 0 Å². The van der Waals surface area contributed by atoms with E-state index in [0.717, 1.165) is 25.3 Å². The molecule has 1 aliphatic heterocycles. The molecule has 0 unspecified atom stereocenters. The third kappa shape index (κ3) is 5.56. The van der Waals surface area contributed by atoms with Gasteiger partial charge in [0, 0.05) is 26.3 Å². The standard InChI is InChI=1S/C16H25N3O.ClH/c1-18(2)16(20)13-19(15-6-4-3-5-7-15)12-14-8-10-17-11-9-14;/h3-7,14,17H,8-13H2,1-2H3;1H. The van der Waals surface area contributed by atoms with Gasteiger partial charge in [0.15, 0.2) is 0 Å². The molecule has 0 aromatic heterocycles. The van der Waals surface area contributed by atoms with E-state index in [0.29, 0.717) is 12.5 Å². The van der Waals surface area contributed by atoms with E-state index in [1.54, 1.807) is 4.90 Å². The number of anilines is 1. The van der Waals surface area contributed by atoms with E-state index in [4.69, 9.17) is 0 Å². The molecule has 0 aliphatic carbocycles. The number of piperidine rings is 1. The predicted octanol–water partition coefficient (Wildman–Crippen LogP) is 2.00. The van der Waals surface area contributed by atoms with Gasteiger partial charge >= 0.3 is 0 Å². The fourth-order valence-electron chi connectivity index (χ4n) is 2.58. The first-order chi connectivity index (χ1) is 9.66. The fraction of sp³-hybridized carbons (Fsp3) is 0.562. The molecule has 1 aromatic rings. The Kier molecular flexibility index (Phi) is 7.54. The first-order valence-corrected chi connectivity index (χ1v) is 7.37. The molecule has 118 valence electrons. The van der Waals surface area contributed by atoms with Crippen molar-refractivity contribution in [3.05, 3.63) is 30.3 Å². The smallest absolute Gasteiger partial charge is 0.241 e. The van der Waals surface area contributed by atoms with Gasteiger partial charge in [0.2, 0.25) is 5.91 Å². The van der Waals surface area contributed by atoms with Gasteiger partial charge in [-0.15, -0.1) is 12.4 Å². The number of benzene rings is 1. The van der Waals surface area contributed by atoms with Crippen LogP contribution in [0.25, 0.3) is 0 Å². The van der Waals surface area contributed by atoms with Crippen LogP contribution >= 0.6 is 12.4 Å². The van der Waals surface area contributed by atoms with Crippen LogP contribution in [0.15, 0.2) is 30.3 Å². The SMILES string of the molecule is CN(C)C(=O)CN(CC1CCNCC1)c1ccccc1.Cl. The fourth-order valence-corrected chi connectivity index (χ4v) is 2.58. The average molecular weight is 312 g/mol. The lowest BCUT2D eigenvalue weighted by Crippen LogP contribution is -2.41. The molecule has 5 heteroatoms. The molecule has 2 rings (SSSR count). The summed E-state index contributed by atoms with van der Waals surface area (Å²) in [6.07, 6.45) is 2.39. The second-order valence-corrected chi connectivity index (χ2v) is 5.70. The Hall–Kier alpha value is -1.26. The average Bonchev–Trinajstić information content (AvgIpc) is 2.48. The van der Waals surface area contributed by atoms with Crippen LogP contribution in [-0.4, -0.2) is 51.1 Å². The first kappa shape index (κ1) is 17.8. The normalized spacial score (nSPS) is 15.1. The summed E-state index contributed by atoms with van der Waals surface area (Å²) in [6, 6.07) is 10.3. The molecular formula is C16H26ClN3O. The van der Waals surface area contributed by atoms with Crippen molar-refractivity contribution >= 4 is 24.0 Å². The number of hydrogen-bond donors (Lipinski definition) is 1. The van der Waals surface area contributed by atoms with Crippen molar-refractivity contribution in [2.24, 2.45) is 5.92 Å². The number of halogens is 1. The van der Waals surface area contributed by atoms with Gasteiger partial charge in [0.05, 0.1) is 6.54 Å². The third-order valence-electron chi connectivity index (χ3n) is 3.88. The van der Waals surface area contributed by atoms with Crippen LogP contribution in [0.4, 0.5) is 5.69 Å². The number of hydrogen-bond acceptors (Lipinski definition) is 3. The van der Waals surface area contributed by atoms with Crippen molar-refractivity contribution in [2.75, 3.05) is 45.2 Å². The molecule has 1 amide bonds. The first-order valence-electron chi connectivity index (χ1n) is 7.37. The highest BCUT2D eigenvalue weighted by Crippen LogP contribution is 2.19. The van der Waals surface area contributed by atoms with E-state index in [1.165, 1.54) is 12.8 Å². The summed E-state index contributed by atoms with van der Waals surface area (Å²) < 4.78 is 0. The molecule has 1 heterocycles. The van der Waals surface area contributed by atoms with Crippen molar-refractivity contribution in [1.29, 1.82) is 0 Å². The second-order valence-electron chi connectivity index (χ2n) is 5.70. The Morgan fingerprint density at radius 3 is 2.38 bits per heavy atom. The van der Waals surface area contributed by atoms with Gasteiger partial charge in [-0.3, -0.25) is 4.79 Å². The second kappa shape index (κ2) is 8.90. The molecule has 0 radical (unpaired) electrons. The molecule has 0 spiro atoms. The molecule has 1 saturated heterocycles. The number of nitrogens with one attached hydrogen (secondary N) is 1. The minimum absolute atomic E-state index is 0. The monoisotopic (exact) mass is 311 g/mol. The minimum atomic E-state index is 0. The topological polar surface area (TPSA) is 35.6 Å². The van der Waals surface area contributed by atoms with Crippen molar-refractivity contribution in [3.8, 4) is 0 Å². The lowest BCUT2D eigenvalue weighted by atomic mass is 9.97. The maximum atomic E-state index is 12.0. The van der Waals surface area contributed by atoms with Crippen LogP contribution in [0.3, 0.4) is 0 Å². The molecule has 21 heavy (non-hydrogen) atoms. The molecule has 0 atom stereocenters. The molecule has 1 aliphatic rings. The Morgan fingerprint density at radius 1 is 1.19 bits per heavy atom. The lowest BCUT2D eigenvalue weighted by Gasteiger charge is -2.32. The highest BCUT2D eigenvalue weighted by molar-refractivity contribution is 5.85.